The lowest BCUT2D eigenvalue weighted by atomic mass is 10.0. The van der Waals surface area contributed by atoms with Gasteiger partial charge in [-0.2, -0.15) is 0 Å². The predicted molar refractivity (Wildman–Crippen MR) is 128 cm³/mol. The van der Waals surface area contributed by atoms with Crippen LogP contribution < -0.4 is 16.0 Å². The van der Waals surface area contributed by atoms with E-state index in [1.807, 2.05) is 0 Å². The number of fused-ring (bicyclic) bond motifs is 1. The third-order valence-electron chi connectivity index (χ3n) is 5.56. The SMILES string of the molecule is CC(C)(O)[C@H](F)CNC(=O)c1cnc(Nc2cc3scnc3cc2F)cc1NC1CCCOC1. The molecule has 0 aliphatic carbocycles. The van der Waals surface area contributed by atoms with Crippen LogP contribution in [0.15, 0.2) is 29.9 Å². The van der Waals surface area contributed by atoms with Crippen molar-refractivity contribution in [2.45, 2.75) is 44.5 Å². The number of aliphatic hydroxyl groups is 1. The number of alkyl halides is 1. The average Bonchev–Trinajstić information content (AvgIpc) is 3.24. The van der Waals surface area contributed by atoms with Gasteiger partial charge in [-0.05, 0) is 32.8 Å². The second kappa shape index (κ2) is 10.2. The number of thiazole rings is 1. The Morgan fingerprint density at radius 3 is 2.88 bits per heavy atom. The minimum atomic E-state index is -1.64. The summed E-state index contributed by atoms with van der Waals surface area (Å²) >= 11 is 1.40. The maximum atomic E-state index is 14.6. The van der Waals surface area contributed by atoms with Crippen molar-refractivity contribution in [3.05, 3.63) is 41.3 Å². The summed E-state index contributed by atoms with van der Waals surface area (Å²) in [5, 5.41) is 18.6. The summed E-state index contributed by atoms with van der Waals surface area (Å²) in [6, 6.07) is 4.60. The van der Waals surface area contributed by atoms with Gasteiger partial charge in [0.15, 0.2) is 0 Å². The van der Waals surface area contributed by atoms with Crippen LogP contribution >= 0.6 is 11.3 Å². The van der Waals surface area contributed by atoms with E-state index in [0.29, 0.717) is 30.2 Å². The topological polar surface area (TPSA) is 108 Å². The first-order valence-electron chi connectivity index (χ1n) is 11.0. The fraction of sp³-hybridized carbons (Fsp3) is 0.435. The van der Waals surface area contributed by atoms with Crippen LogP contribution in [0.25, 0.3) is 10.2 Å². The minimum Gasteiger partial charge on any atom is -0.387 e. The smallest absolute Gasteiger partial charge is 0.255 e. The van der Waals surface area contributed by atoms with E-state index in [1.165, 1.54) is 37.4 Å². The zero-order chi connectivity index (χ0) is 24.3. The lowest BCUT2D eigenvalue weighted by Gasteiger charge is -2.26. The van der Waals surface area contributed by atoms with Gasteiger partial charge in [-0.15, -0.1) is 11.3 Å². The van der Waals surface area contributed by atoms with E-state index >= 15 is 0 Å². The van der Waals surface area contributed by atoms with Crippen molar-refractivity contribution in [1.29, 1.82) is 0 Å². The number of aromatic nitrogens is 2. The molecule has 11 heteroatoms. The molecule has 1 aromatic carbocycles. The monoisotopic (exact) mass is 491 g/mol. The standard InChI is InChI=1S/C23H27F2N5O3S/c1-23(2,32)20(25)10-27-22(31)14-9-26-21(8-16(14)29-13-4-3-5-33-11-13)30-17-7-19-18(6-15(17)24)28-12-34-19/h6-9,12-13,20,32H,3-5,10-11H2,1-2H3,(H,27,31)(H2,26,29,30)/t13?,20-/m1/s1. The van der Waals surface area contributed by atoms with Crippen molar-refractivity contribution >= 4 is 44.7 Å². The number of carbonyl (C=O) groups excluding carboxylic acids is 1. The highest BCUT2D eigenvalue weighted by atomic mass is 32.1. The third-order valence-corrected chi connectivity index (χ3v) is 6.35. The summed E-state index contributed by atoms with van der Waals surface area (Å²) in [6.07, 6.45) is 1.45. The van der Waals surface area contributed by atoms with E-state index in [-0.39, 0.29) is 23.8 Å². The van der Waals surface area contributed by atoms with Crippen LogP contribution in [0.5, 0.6) is 0 Å². The Hall–Kier alpha value is -2.89. The molecule has 8 nitrogen and oxygen atoms in total. The molecule has 1 saturated heterocycles. The zero-order valence-corrected chi connectivity index (χ0v) is 19.7. The second-order valence-corrected chi connectivity index (χ2v) is 9.67. The van der Waals surface area contributed by atoms with Crippen molar-refractivity contribution in [1.82, 2.24) is 15.3 Å². The Morgan fingerprint density at radius 2 is 2.15 bits per heavy atom. The number of pyridine rings is 1. The van der Waals surface area contributed by atoms with Crippen molar-refractivity contribution in [3.8, 4) is 0 Å². The fourth-order valence-electron chi connectivity index (χ4n) is 3.54. The molecule has 4 N–H and O–H groups in total. The first-order chi connectivity index (χ1) is 16.2. The molecule has 1 amide bonds. The molecule has 1 aliphatic heterocycles. The summed E-state index contributed by atoms with van der Waals surface area (Å²) in [4.78, 5) is 21.2. The van der Waals surface area contributed by atoms with Gasteiger partial charge >= 0.3 is 0 Å². The Balaban J connectivity index is 1.57. The highest BCUT2D eigenvalue weighted by Gasteiger charge is 2.27. The van der Waals surface area contributed by atoms with Gasteiger partial charge in [0, 0.05) is 31.0 Å². The molecule has 4 rings (SSSR count). The van der Waals surface area contributed by atoms with Crippen LogP contribution in [0.1, 0.15) is 37.0 Å². The molecule has 34 heavy (non-hydrogen) atoms. The number of nitrogens with zero attached hydrogens (tertiary/aromatic N) is 2. The summed E-state index contributed by atoms with van der Waals surface area (Å²) in [5.74, 6) is -0.682. The highest BCUT2D eigenvalue weighted by molar-refractivity contribution is 7.16. The van der Waals surface area contributed by atoms with Gasteiger partial charge in [-0.25, -0.2) is 18.7 Å². The van der Waals surface area contributed by atoms with Crippen LogP contribution in [0.3, 0.4) is 0 Å². The number of amides is 1. The largest absolute Gasteiger partial charge is 0.387 e. The van der Waals surface area contributed by atoms with E-state index in [0.717, 1.165) is 17.5 Å². The normalized spacial score (nSPS) is 17.4. The molecule has 3 aromatic rings. The van der Waals surface area contributed by atoms with Crippen LogP contribution in [-0.4, -0.2) is 58.6 Å². The maximum Gasteiger partial charge on any atom is 0.255 e. The molecule has 2 atom stereocenters. The molecular weight excluding hydrogens is 464 g/mol. The van der Waals surface area contributed by atoms with Gasteiger partial charge in [0.05, 0.1) is 51.4 Å². The number of halogens is 2. The van der Waals surface area contributed by atoms with Crippen molar-refractivity contribution in [2.75, 3.05) is 30.4 Å². The second-order valence-electron chi connectivity index (χ2n) is 8.78. The van der Waals surface area contributed by atoms with Crippen LogP contribution in [0.4, 0.5) is 26.0 Å². The highest BCUT2D eigenvalue weighted by Crippen LogP contribution is 2.29. The Bertz CT molecular complexity index is 1160. The third kappa shape index (κ3) is 5.78. The molecular formula is C23H27F2N5O3S. The molecule has 1 unspecified atom stereocenters. The van der Waals surface area contributed by atoms with Gasteiger partial charge in [0.2, 0.25) is 0 Å². The molecule has 0 saturated carbocycles. The lowest BCUT2D eigenvalue weighted by Crippen LogP contribution is -2.42. The first kappa shape index (κ1) is 24.2. The van der Waals surface area contributed by atoms with E-state index < -0.39 is 23.5 Å². The van der Waals surface area contributed by atoms with Crippen molar-refractivity contribution in [3.63, 3.8) is 0 Å². The number of rotatable bonds is 8. The molecule has 0 spiro atoms. The Labute approximate surface area is 199 Å². The van der Waals surface area contributed by atoms with Gasteiger partial charge in [0.1, 0.15) is 17.8 Å². The van der Waals surface area contributed by atoms with E-state index in [4.69, 9.17) is 4.74 Å². The number of hydrogen-bond acceptors (Lipinski definition) is 8. The minimum absolute atomic E-state index is 0.0221. The van der Waals surface area contributed by atoms with Crippen molar-refractivity contribution < 1.29 is 23.4 Å². The van der Waals surface area contributed by atoms with E-state index in [9.17, 15) is 18.7 Å². The summed E-state index contributed by atoms with van der Waals surface area (Å²) in [5.41, 5.74) is 1.54. The number of nitrogens with one attached hydrogen (secondary N) is 3. The molecule has 2 aromatic heterocycles. The van der Waals surface area contributed by atoms with Crippen molar-refractivity contribution in [2.24, 2.45) is 0 Å². The summed E-state index contributed by atoms with van der Waals surface area (Å²) < 4.78 is 35.0. The molecule has 1 aliphatic rings. The number of carbonyl (C=O) groups is 1. The fourth-order valence-corrected chi connectivity index (χ4v) is 4.24. The Kier molecular flexibility index (Phi) is 7.24. The maximum absolute atomic E-state index is 14.6. The van der Waals surface area contributed by atoms with Gasteiger partial charge in [-0.1, -0.05) is 0 Å². The van der Waals surface area contributed by atoms with Crippen LogP contribution in [0, 0.1) is 5.82 Å². The average molecular weight is 492 g/mol. The van der Waals surface area contributed by atoms with Gasteiger partial charge in [0.25, 0.3) is 5.91 Å². The first-order valence-corrected chi connectivity index (χ1v) is 11.9. The van der Waals surface area contributed by atoms with Crippen LogP contribution in [0.2, 0.25) is 0 Å². The number of hydrogen-bond donors (Lipinski definition) is 4. The number of anilines is 3. The molecule has 0 bridgehead atoms. The molecule has 0 radical (unpaired) electrons. The number of benzene rings is 1. The molecule has 1 fully saturated rings. The quantitative estimate of drug-likeness (QED) is 0.377. The van der Waals surface area contributed by atoms with Crippen LogP contribution in [-0.2, 0) is 4.74 Å². The predicted octanol–water partition coefficient (Wildman–Crippen LogP) is 4.00. The van der Waals surface area contributed by atoms with E-state index in [2.05, 4.69) is 25.9 Å². The summed E-state index contributed by atoms with van der Waals surface area (Å²) in [7, 11) is 0. The molecule has 3 heterocycles. The summed E-state index contributed by atoms with van der Waals surface area (Å²) in [6.45, 7) is 3.49. The zero-order valence-electron chi connectivity index (χ0n) is 18.9. The Morgan fingerprint density at radius 1 is 1.32 bits per heavy atom. The van der Waals surface area contributed by atoms with Gasteiger partial charge < -0.3 is 25.8 Å². The molecule has 182 valence electrons. The van der Waals surface area contributed by atoms with E-state index in [1.54, 1.807) is 17.6 Å². The number of ether oxygens (including phenoxy) is 1. The van der Waals surface area contributed by atoms with Gasteiger partial charge in [-0.3, -0.25) is 4.79 Å². The lowest BCUT2D eigenvalue weighted by molar-refractivity contribution is -0.00177.